The Morgan fingerprint density at radius 2 is 2.00 bits per heavy atom. The minimum absolute atomic E-state index is 0. The number of hydrogen-bond donors (Lipinski definition) is 2. The van der Waals surface area contributed by atoms with Gasteiger partial charge < -0.3 is 15.0 Å². The summed E-state index contributed by atoms with van der Waals surface area (Å²) < 4.78 is 5.45. The predicted molar refractivity (Wildman–Crippen MR) is 82.6 cm³/mol. The highest BCUT2D eigenvalue weighted by molar-refractivity contribution is 5.87. The first kappa shape index (κ1) is 14.2. The second kappa shape index (κ2) is 5.85. The second-order valence-corrected chi connectivity index (χ2v) is 5.06. The average Bonchev–Trinajstić information content (AvgIpc) is 2.77. The van der Waals surface area contributed by atoms with E-state index < -0.39 is 0 Å². The molecule has 0 aliphatic carbocycles. The molecule has 0 unspecified atom stereocenters. The number of aromatic amines is 1. The van der Waals surface area contributed by atoms with E-state index in [9.17, 15) is 0 Å². The summed E-state index contributed by atoms with van der Waals surface area (Å²) in [7, 11) is 1.96. The minimum Gasteiger partial charge on any atom is -0.388 e. The lowest BCUT2D eigenvalue weighted by Gasteiger charge is -2.21. The number of nitrogens with one attached hydrogen (secondary N) is 2. The third kappa shape index (κ3) is 2.58. The van der Waals surface area contributed by atoms with Gasteiger partial charge in [0.05, 0.1) is 0 Å². The van der Waals surface area contributed by atoms with E-state index in [0.717, 1.165) is 26.1 Å². The lowest BCUT2D eigenvalue weighted by Crippen LogP contribution is -2.14. The number of benzene rings is 1. The van der Waals surface area contributed by atoms with Gasteiger partial charge in [-0.25, -0.2) is 0 Å². The van der Waals surface area contributed by atoms with Crippen molar-refractivity contribution in [2.75, 3.05) is 25.6 Å². The zero-order valence-electron chi connectivity index (χ0n) is 11.5. The largest absolute Gasteiger partial charge is 0.388 e. The first-order valence-corrected chi connectivity index (χ1v) is 6.67. The molecule has 0 bridgehead atoms. The maximum Gasteiger partial charge on any atom is 0.0472 e. The van der Waals surface area contributed by atoms with Crippen LogP contribution >= 0.6 is 12.4 Å². The van der Waals surface area contributed by atoms with E-state index in [4.69, 9.17) is 4.74 Å². The highest BCUT2D eigenvalue weighted by Crippen LogP contribution is 2.33. The number of aryl methyl sites for hydroxylation is 1. The average molecular weight is 281 g/mol. The van der Waals surface area contributed by atoms with Gasteiger partial charge in [0.2, 0.25) is 0 Å². The van der Waals surface area contributed by atoms with Crippen molar-refractivity contribution in [3.8, 4) is 0 Å². The van der Waals surface area contributed by atoms with Crippen LogP contribution in [-0.4, -0.2) is 25.2 Å². The van der Waals surface area contributed by atoms with Gasteiger partial charge in [0.15, 0.2) is 0 Å². The summed E-state index contributed by atoms with van der Waals surface area (Å²) in [6.07, 6.45) is 2.26. The second-order valence-electron chi connectivity index (χ2n) is 5.06. The third-order valence-corrected chi connectivity index (χ3v) is 4.02. The molecule has 3 nitrogen and oxygen atoms in total. The summed E-state index contributed by atoms with van der Waals surface area (Å²) in [4.78, 5) is 3.60. The Balaban J connectivity index is 0.00000133. The number of H-pyrrole nitrogens is 1. The van der Waals surface area contributed by atoms with Gasteiger partial charge in [-0.15, -0.1) is 12.4 Å². The van der Waals surface area contributed by atoms with Crippen LogP contribution in [0.3, 0.4) is 0 Å². The van der Waals surface area contributed by atoms with Crippen molar-refractivity contribution in [1.82, 2.24) is 4.98 Å². The molecule has 1 aromatic heterocycles. The minimum atomic E-state index is 0. The van der Waals surface area contributed by atoms with E-state index in [1.165, 1.54) is 27.8 Å². The predicted octanol–water partition coefficient (Wildman–Crippen LogP) is 3.83. The van der Waals surface area contributed by atoms with Crippen molar-refractivity contribution in [2.45, 2.75) is 25.7 Å². The van der Waals surface area contributed by atoms with Gasteiger partial charge in [0, 0.05) is 48.5 Å². The number of anilines is 1. The van der Waals surface area contributed by atoms with Crippen molar-refractivity contribution >= 4 is 29.0 Å². The summed E-state index contributed by atoms with van der Waals surface area (Å²) in [6, 6.07) is 6.51. The van der Waals surface area contributed by atoms with Gasteiger partial charge in [-0.2, -0.15) is 0 Å². The zero-order chi connectivity index (χ0) is 12.5. The topological polar surface area (TPSA) is 37.0 Å². The van der Waals surface area contributed by atoms with Crippen LogP contribution in [0.2, 0.25) is 0 Å². The van der Waals surface area contributed by atoms with E-state index in [0.29, 0.717) is 5.92 Å². The van der Waals surface area contributed by atoms with Crippen LogP contribution < -0.4 is 5.32 Å². The molecule has 19 heavy (non-hydrogen) atoms. The SMILES string of the molecule is CNc1ccc2[nH]c(C3CCOCC3)c(C)c2c1.Cl. The fourth-order valence-electron chi connectivity index (χ4n) is 2.90. The fraction of sp³-hybridized carbons (Fsp3) is 0.467. The highest BCUT2D eigenvalue weighted by Gasteiger charge is 2.20. The third-order valence-electron chi connectivity index (χ3n) is 4.02. The molecule has 1 fully saturated rings. The lowest BCUT2D eigenvalue weighted by atomic mass is 9.94. The molecule has 2 aromatic rings. The van der Waals surface area contributed by atoms with Crippen molar-refractivity contribution in [1.29, 1.82) is 0 Å². The first-order valence-electron chi connectivity index (χ1n) is 6.67. The van der Waals surface area contributed by atoms with E-state index in [1.54, 1.807) is 0 Å². The van der Waals surface area contributed by atoms with E-state index in [-0.39, 0.29) is 12.4 Å². The van der Waals surface area contributed by atoms with Crippen LogP contribution in [0.5, 0.6) is 0 Å². The molecule has 0 radical (unpaired) electrons. The first-order chi connectivity index (χ1) is 8.79. The summed E-state index contributed by atoms with van der Waals surface area (Å²) in [6.45, 7) is 4.01. The number of hydrogen-bond acceptors (Lipinski definition) is 2. The molecule has 4 heteroatoms. The molecule has 1 aromatic carbocycles. The standard InChI is InChI=1S/C15H20N2O.ClH/c1-10-13-9-12(16-2)3-4-14(13)17-15(10)11-5-7-18-8-6-11;/h3-4,9,11,16-17H,5-8H2,1-2H3;1H. The van der Waals surface area contributed by atoms with E-state index in [1.807, 2.05) is 7.05 Å². The lowest BCUT2D eigenvalue weighted by molar-refractivity contribution is 0.0845. The molecule has 3 rings (SSSR count). The van der Waals surface area contributed by atoms with Crippen molar-refractivity contribution in [3.63, 3.8) is 0 Å². The Hall–Kier alpha value is -1.19. The number of rotatable bonds is 2. The summed E-state index contributed by atoms with van der Waals surface area (Å²) in [5.41, 5.74) is 5.21. The number of ether oxygens (including phenoxy) is 1. The molecule has 104 valence electrons. The molecule has 2 heterocycles. The van der Waals surface area contributed by atoms with Gasteiger partial charge >= 0.3 is 0 Å². The van der Waals surface area contributed by atoms with Crippen molar-refractivity contribution in [2.24, 2.45) is 0 Å². The molecule has 1 aliphatic heterocycles. The van der Waals surface area contributed by atoms with Gasteiger partial charge in [0.1, 0.15) is 0 Å². The quantitative estimate of drug-likeness (QED) is 0.877. The van der Waals surface area contributed by atoms with Crippen LogP contribution in [0.4, 0.5) is 5.69 Å². The van der Waals surface area contributed by atoms with Gasteiger partial charge in [0.25, 0.3) is 0 Å². The Morgan fingerprint density at radius 3 is 2.68 bits per heavy atom. The summed E-state index contributed by atoms with van der Waals surface area (Å²) in [5, 5.41) is 4.54. The summed E-state index contributed by atoms with van der Waals surface area (Å²) >= 11 is 0. The normalized spacial score (nSPS) is 16.3. The van der Waals surface area contributed by atoms with Gasteiger partial charge in [-0.1, -0.05) is 0 Å². The maximum absolute atomic E-state index is 5.45. The van der Waals surface area contributed by atoms with E-state index >= 15 is 0 Å². The number of aromatic nitrogens is 1. The van der Waals surface area contributed by atoms with Gasteiger partial charge in [-0.05, 0) is 43.5 Å². The van der Waals surface area contributed by atoms with Crippen molar-refractivity contribution in [3.05, 3.63) is 29.5 Å². The molecule has 0 spiro atoms. The number of fused-ring (bicyclic) bond motifs is 1. The van der Waals surface area contributed by atoms with Crippen LogP contribution in [0.1, 0.15) is 30.0 Å². The maximum atomic E-state index is 5.45. The van der Waals surface area contributed by atoms with Crippen LogP contribution in [0, 0.1) is 6.92 Å². The van der Waals surface area contributed by atoms with Crippen LogP contribution in [0.25, 0.3) is 10.9 Å². The molecule has 1 saturated heterocycles. The smallest absolute Gasteiger partial charge is 0.0472 e. The molecule has 0 atom stereocenters. The zero-order valence-corrected chi connectivity index (χ0v) is 12.3. The molecular weight excluding hydrogens is 260 g/mol. The molecular formula is C15H21ClN2O. The Labute approximate surface area is 120 Å². The molecule has 1 aliphatic rings. The Morgan fingerprint density at radius 1 is 1.26 bits per heavy atom. The highest BCUT2D eigenvalue weighted by atomic mass is 35.5. The Kier molecular flexibility index (Phi) is 4.38. The molecule has 2 N–H and O–H groups in total. The van der Waals surface area contributed by atoms with Crippen molar-refractivity contribution < 1.29 is 4.74 Å². The van der Waals surface area contributed by atoms with Crippen LogP contribution in [-0.2, 0) is 4.74 Å². The number of halogens is 1. The molecule has 0 saturated carbocycles. The van der Waals surface area contributed by atoms with E-state index in [2.05, 4.69) is 35.4 Å². The molecule has 0 amide bonds. The summed E-state index contributed by atoms with van der Waals surface area (Å²) in [5.74, 6) is 0.629. The van der Waals surface area contributed by atoms with Gasteiger partial charge in [-0.3, -0.25) is 0 Å². The monoisotopic (exact) mass is 280 g/mol. The Bertz CT molecular complexity index is 559. The van der Waals surface area contributed by atoms with Crippen LogP contribution in [0.15, 0.2) is 18.2 Å². The fourth-order valence-corrected chi connectivity index (χ4v) is 2.90.